The quantitative estimate of drug-likeness (QED) is 0.440. The second kappa shape index (κ2) is 4.25. The Morgan fingerprint density at radius 1 is 1.36 bits per heavy atom. The van der Waals surface area contributed by atoms with Crippen molar-refractivity contribution in [1.29, 1.82) is 0 Å². The molecule has 0 radical (unpaired) electrons. The van der Waals surface area contributed by atoms with Gasteiger partial charge in [0, 0.05) is 7.50 Å². The van der Waals surface area contributed by atoms with Crippen LogP contribution in [0.25, 0.3) is 0 Å². The van der Waals surface area contributed by atoms with Crippen molar-refractivity contribution in [3.63, 3.8) is 0 Å². The Morgan fingerprint density at radius 2 is 2.00 bits per heavy atom. The van der Waals surface area contributed by atoms with Crippen LogP contribution >= 0.6 is 45.2 Å². The lowest BCUT2D eigenvalue weighted by molar-refractivity contribution is 0.863. The number of rotatable bonds is 0. The topological polar surface area (TPSA) is 0 Å². The van der Waals surface area contributed by atoms with E-state index in [4.69, 9.17) is 0 Å². The number of allylic oxidation sites excluding steroid dienone is 4. The van der Waals surface area contributed by atoms with Gasteiger partial charge in [-0.1, -0.05) is 33.7 Å². The first-order valence-corrected chi connectivity index (χ1v) is 6.08. The van der Waals surface area contributed by atoms with Crippen LogP contribution in [0, 0.1) is 0 Å². The van der Waals surface area contributed by atoms with Gasteiger partial charge < -0.3 is 0 Å². The van der Waals surface area contributed by atoms with Crippen LogP contribution in [-0.2, 0) is 0 Å². The van der Waals surface area contributed by atoms with Gasteiger partial charge in [-0.05, 0) is 55.4 Å². The monoisotopic (exact) mass is 374 g/mol. The minimum atomic E-state index is 0.802. The summed E-state index contributed by atoms with van der Waals surface area (Å²) in [6, 6.07) is 0. The molecular formula is C9H12I2. The third kappa shape index (κ3) is 3.05. The molecule has 0 spiro atoms. The van der Waals surface area contributed by atoms with E-state index in [2.05, 4.69) is 65.1 Å². The molecule has 0 aromatic rings. The number of hydrogen-bond acceptors (Lipinski definition) is 0. The molecule has 1 unspecified atom stereocenters. The Hall–Kier alpha value is 0.940. The van der Waals surface area contributed by atoms with Crippen LogP contribution in [0.2, 0.25) is 0 Å². The van der Waals surface area contributed by atoms with E-state index in [1.807, 2.05) is 0 Å². The molecule has 0 saturated heterocycles. The smallest absolute Gasteiger partial charge is 0.0184 e. The second-order valence-electron chi connectivity index (χ2n) is 3.12. The van der Waals surface area contributed by atoms with E-state index < -0.39 is 0 Å². The van der Waals surface area contributed by atoms with E-state index in [0.717, 1.165) is 3.92 Å². The Bertz CT molecular complexity index is 214. The van der Waals surface area contributed by atoms with E-state index in [9.17, 15) is 0 Å². The highest BCUT2D eigenvalue weighted by atomic mass is 127. The van der Waals surface area contributed by atoms with Crippen molar-refractivity contribution in [2.75, 3.05) is 0 Å². The average molecular weight is 374 g/mol. The molecule has 0 aromatic heterocycles. The summed E-state index contributed by atoms with van der Waals surface area (Å²) in [6.07, 6.45) is 4.83. The van der Waals surface area contributed by atoms with Crippen LogP contribution in [0.3, 0.4) is 0 Å². The minimum Gasteiger partial charge on any atom is -0.0819 e. The van der Waals surface area contributed by atoms with Crippen LogP contribution in [-0.4, -0.2) is 3.92 Å². The third-order valence-corrected chi connectivity index (χ3v) is 3.96. The van der Waals surface area contributed by atoms with Gasteiger partial charge in [0.2, 0.25) is 0 Å². The maximum absolute atomic E-state index is 2.54. The fourth-order valence-corrected chi connectivity index (χ4v) is 3.36. The first-order chi connectivity index (χ1) is 5.09. The van der Waals surface area contributed by atoms with Gasteiger partial charge in [-0.2, -0.15) is 0 Å². The predicted octanol–water partition coefficient (Wildman–Crippen LogP) is 4.24. The standard InChI is InChI=1S/C9H12I2/c1-6-3-8(10)5-7(2)9(11)4-6/h4,8H,3,5H2,1-2H3. The summed E-state index contributed by atoms with van der Waals surface area (Å²) in [7, 11) is 0. The molecule has 1 aliphatic rings. The van der Waals surface area contributed by atoms with Gasteiger partial charge in [-0.3, -0.25) is 0 Å². The maximum atomic E-state index is 2.54. The summed E-state index contributed by atoms with van der Waals surface area (Å²) in [5.74, 6) is 0. The van der Waals surface area contributed by atoms with E-state index in [1.54, 1.807) is 5.57 Å². The van der Waals surface area contributed by atoms with E-state index in [-0.39, 0.29) is 0 Å². The molecule has 2 heteroatoms. The molecule has 0 heterocycles. The molecule has 11 heavy (non-hydrogen) atoms. The van der Waals surface area contributed by atoms with Gasteiger partial charge in [0.15, 0.2) is 0 Å². The van der Waals surface area contributed by atoms with Crippen molar-refractivity contribution in [3.8, 4) is 0 Å². The van der Waals surface area contributed by atoms with Gasteiger partial charge >= 0.3 is 0 Å². The molecule has 0 saturated carbocycles. The molecule has 0 nitrogen and oxygen atoms in total. The van der Waals surface area contributed by atoms with Crippen molar-refractivity contribution in [2.24, 2.45) is 0 Å². The van der Waals surface area contributed by atoms with Crippen molar-refractivity contribution >= 4 is 45.2 Å². The van der Waals surface area contributed by atoms with Crippen molar-refractivity contribution in [3.05, 3.63) is 20.8 Å². The zero-order valence-corrected chi connectivity index (χ0v) is 11.1. The van der Waals surface area contributed by atoms with Gasteiger partial charge in [-0.15, -0.1) is 0 Å². The number of hydrogen-bond donors (Lipinski definition) is 0. The Kier molecular flexibility index (Phi) is 3.88. The van der Waals surface area contributed by atoms with Crippen LogP contribution in [0.4, 0.5) is 0 Å². The lowest BCUT2D eigenvalue weighted by atomic mass is 10.1. The van der Waals surface area contributed by atoms with Crippen molar-refractivity contribution in [1.82, 2.24) is 0 Å². The fourth-order valence-electron chi connectivity index (χ4n) is 1.25. The molecule has 0 fully saturated rings. The molecule has 62 valence electrons. The van der Waals surface area contributed by atoms with Crippen LogP contribution in [0.15, 0.2) is 20.8 Å². The van der Waals surface area contributed by atoms with E-state index >= 15 is 0 Å². The highest BCUT2D eigenvalue weighted by Crippen LogP contribution is 2.30. The van der Waals surface area contributed by atoms with E-state index in [0.29, 0.717) is 0 Å². The molecule has 1 rings (SSSR count). The SMILES string of the molecule is CC1=CC(I)=C(C)CC(I)C1. The Balaban J connectivity index is 2.87. The van der Waals surface area contributed by atoms with Crippen LogP contribution in [0.1, 0.15) is 26.7 Å². The maximum Gasteiger partial charge on any atom is 0.0184 e. The number of alkyl halides is 1. The fraction of sp³-hybridized carbons (Fsp3) is 0.556. The summed E-state index contributed by atoms with van der Waals surface area (Å²) in [4.78, 5) is 0. The van der Waals surface area contributed by atoms with Crippen LogP contribution in [0.5, 0.6) is 0 Å². The Labute approximate surface area is 95.8 Å². The average Bonchev–Trinajstić information content (AvgIpc) is 1.93. The summed E-state index contributed by atoms with van der Waals surface area (Å²) in [6.45, 7) is 4.46. The van der Waals surface area contributed by atoms with E-state index in [1.165, 1.54) is 22.0 Å². The molecule has 1 aliphatic carbocycles. The highest BCUT2D eigenvalue weighted by molar-refractivity contribution is 14.1. The second-order valence-corrected chi connectivity index (χ2v) is 6.05. The highest BCUT2D eigenvalue weighted by Gasteiger charge is 2.11. The normalized spacial score (nSPS) is 26.5. The minimum absolute atomic E-state index is 0.802. The zero-order valence-electron chi connectivity index (χ0n) is 6.82. The lowest BCUT2D eigenvalue weighted by Gasteiger charge is -2.06. The molecular weight excluding hydrogens is 362 g/mol. The van der Waals surface area contributed by atoms with Crippen molar-refractivity contribution in [2.45, 2.75) is 30.6 Å². The van der Waals surface area contributed by atoms with Gasteiger partial charge in [0.05, 0.1) is 0 Å². The third-order valence-electron chi connectivity index (χ3n) is 1.85. The van der Waals surface area contributed by atoms with Gasteiger partial charge in [0.1, 0.15) is 0 Å². The molecule has 0 aromatic carbocycles. The summed E-state index contributed by atoms with van der Waals surface area (Å²) in [5, 5.41) is 0. The molecule has 0 amide bonds. The van der Waals surface area contributed by atoms with Gasteiger partial charge in [-0.25, -0.2) is 0 Å². The largest absolute Gasteiger partial charge is 0.0819 e. The molecule has 1 atom stereocenters. The molecule has 0 bridgehead atoms. The first kappa shape index (κ1) is 10.0. The predicted molar refractivity (Wildman–Crippen MR) is 67.5 cm³/mol. The molecule has 0 N–H and O–H groups in total. The van der Waals surface area contributed by atoms with Gasteiger partial charge in [0.25, 0.3) is 0 Å². The first-order valence-electron chi connectivity index (χ1n) is 3.76. The summed E-state index contributed by atoms with van der Waals surface area (Å²) >= 11 is 4.98. The Morgan fingerprint density at radius 3 is 2.64 bits per heavy atom. The number of halogens is 2. The summed E-state index contributed by atoms with van der Waals surface area (Å²) < 4.78 is 2.25. The van der Waals surface area contributed by atoms with Crippen molar-refractivity contribution < 1.29 is 0 Å². The summed E-state index contributed by atoms with van der Waals surface area (Å²) in [5.41, 5.74) is 3.06. The molecule has 0 aliphatic heterocycles. The lowest BCUT2D eigenvalue weighted by Crippen LogP contribution is -1.96. The zero-order chi connectivity index (χ0) is 8.43. The van der Waals surface area contributed by atoms with Crippen LogP contribution < -0.4 is 0 Å².